The maximum absolute atomic E-state index is 13.2. The summed E-state index contributed by atoms with van der Waals surface area (Å²) in [6.45, 7) is 2.68. The summed E-state index contributed by atoms with van der Waals surface area (Å²) in [6, 6.07) is 7.85. The summed E-state index contributed by atoms with van der Waals surface area (Å²) < 4.78 is 26.9. The van der Waals surface area contributed by atoms with Crippen LogP contribution in [0.25, 0.3) is 0 Å². The molecule has 1 aromatic carbocycles. The molecule has 1 aromatic heterocycles. The van der Waals surface area contributed by atoms with Crippen LogP contribution in [0.5, 0.6) is 0 Å². The zero-order valence-corrected chi connectivity index (χ0v) is 12.2. The molecule has 0 aliphatic carbocycles. The van der Waals surface area contributed by atoms with E-state index in [4.69, 9.17) is 11.6 Å². The van der Waals surface area contributed by atoms with Gasteiger partial charge in [0.2, 0.25) is 0 Å². The van der Waals surface area contributed by atoms with Gasteiger partial charge in [-0.1, -0.05) is 17.7 Å². The number of hydrogen-bond donors (Lipinski definition) is 0. The van der Waals surface area contributed by atoms with E-state index in [9.17, 15) is 8.78 Å². The number of hydrogen-bond acceptors (Lipinski definition) is 2. The molecule has 0 aliphatic heterocycles. The van der Waals surface area contributed by atoms with Crippen molar-refractivity contribution in [2.75, 3.05) is 7.05 Å². The molecule has 102 valence electrons. The van der Waals surface area contributed by atoms with Crippen molar-refractivity contribution in [2.45, 2.75) is 19.5 Å². The van der Waals surface area contributed by atoms with Crippen LogP contribution >= 0.6 is 22.9 Å². The third-order valence-corrected chi connectivity index (χ3v) is 4.34. The highest BCUT2D eigenvalue weighted by atomic mass is 35.5. The van der Waals surface area contributed by atoms with Crippen LogP contribution in [0.15, 0.2) is 30.3 Å². The Morgan fingerprint density at radius 3 is 2.53 bits per heavy atom. The standard InChI is InChI=1S/C14H14ClF2NS/c1-9(10-3-5-12(16)13(17)7-10)18(2)8-11-4-6-14(15)19-11/h3-7,9H,8H2,1-2H3. The second kappa shape index (κ2) is 5.99. The lowest BCUT2D eigenvalue weighted by atomic mass is 10.1. The molecule has 5 heteroatoms. The van der Waals surface area contributed by atoms with Gasteiger partial charge in [0.1, 0.15) is 0 Å². The van der Waals surface area contributed by atoms with Gasteiger partial charge in [0.25, 0.3) is 0 Å². The number of thiophene rings is 1. The van der Waals surface area contributed by atoms with E-state index in [0.717, 1.165) is 27.4 Å². The predicted octanol–water partition coefficient (Wildman–Crippen LogP) is 4.87. The third kappa shape index (κ3) is 3.53. The van der Waals surface area contributed by atoms with E-state index >= 15 is 0 Å². The van der Waals surface area contributed by atoms with E-state index in [-0.39, 0.29) is 6.04 Å². The topological polar surface area (TPSA) is 3.24 Å². The predicted molar refractivity (Wildman–Crippen MR) is 75.6 cm³/mol. The lowest BCUT2D eigenvalue weighted by Crippen LogP contribution is -2.21. The summed E-state index contributed by atoms with van der Waals surface area (Å²) in [5.74, 6) is -1.62. The van der Waals surface area contributed by atoms with Crippen molar-refractivity contribution in [1.82, 2.24) is 4.90 Å². The van der Waals surface area contributed by atoms with Gasteiger partial charge < -0.3 is 0 Å². The molecule has 1 nitrogen and oxygen atoms in total. The van der Waals surface area contributed by atoms with E-state index in [0.29, 0.717) is 0 Å². The lowest BCUT2D eigenvalue weighted by Gasteiger charge is -2.24. The Bertz CT molecular complexity index is 570. The summed E-state index contributed by atoms with van der Waals surface area (Å²) in [6.07, 6.45) is 0. The van der Waals surface area contributed by atoms with Crippen LogP contribution in [0, 0.1) is 11.6 Å². The molecule has 1 atom stereocenters. The molecule has 0 amide bonds. The maximum Gasteiger partial charge on any atom is 0.159 e. The number of halogens is 3. The minimum absolute atomic E-state index is 0.00373. The summed E-state index contributed by atoms with van der Waals surface area (Å²) in [5, 5.41) is 0. The largest absolute Gasteiger partial charge is 0.295 e. The Labute approximate surface area is 120 Å². The second-order valence-corrected chi connectivity index (χ2v) is 6.27. The van der Waals surface area contributed by atoms with Gasteiger partial charge >= 0.3 is 0 Å². The number of rotatable bonds is 4. The molecule has 2 rings (SSSR count). The first kappa shape index (κ1) is 14.4. The molecule has 19 heavy (non-hydrogen) atoms. The second-order valence-electron chi connectivity index (χ2n) is 4.47. The smallest absolute Gasteiger partial charge is 0.159 e. The Hall–Kier alpha value is -0.970. The van der Waals surface area contributed by atoms with Crippen molar-refractivity contribution in [1.29, 1.82) is 0 Å². The molecule has 0 saturated carbocycles. The third-order valence-electron chi connectivity index (χ3n) is 3.12. The van der Waals surface area contributed by atoms with Gasteiger partial charge in [0, 0.05) is 17.5 Å². The molecule has 1 heterocycles. The summed E-state index contributed by atoms with van der Waals surface area (Å²) in [4.78, 5) is 3.21. The summed E-state index contributed by atoms with van der Waals surface area (Å²) in [7, 11) is 1.94. The van der Waals surface area contributed by atoms with Crippen LogP contribution in [-0.4, -0.2) is 11.9 Å². The van der Waals surface area contributed by atoms with E-state index in [1.54, 1.807) is 6.07 Å². The normalized spacial score (nSPS) is 12.9. The van der Waals surface area contributed by atoms with Crippen molar-refractivity contribution in [3.63, 3.8) is 0 Å². The molecule has 0 radical (unpaired) electrons. The Balaban J connectivity index is 2.09. The molecule has 0 aliphatic rings. The Morgan fingerprint density at radius 1 is 1.21 bits per heavy atom. The fraction of sp³-hybridized carbons (Fsp3) is 0.286. The van der Waals surface area contributed by atoms with Crippen LogP contribution in [0.4, 0.5) is 8.78 Å². The first-order chi connectivity index (χ1) is 8.97. The first-order valence-electron chi connectivity index (χ1n) is 5.87. The van der Waals surface area contributed by atoms with Crippen molar-refractivity contribution in [2.24, 2.45) is 0 Å². The fourth-order valence-electron chi connectivity index (χ4n) is 1.85. The molecular formula is C14H14ClF2NS. The van der Waals surface area contributed by atoms with E-state index < -0.39 is 11.6 Å². The van der Waals surface area contributed by atoms with Gasteiger partial charge in [-0.15, -0.1) is 11.3 Å². The van der Waals surface area contributed by atoms with Crippen LogP contribution in [-0.2, 0) is 6.54 Å². The molecule has 0 spiro atoms. The first-order valence-corrected chi connectivity index (χ1v) is 7.06. The molecule has 0 saturated heterocycles. The lowest BCUT2D eigenvalue weighted by molar-refractivity contribution is 0.254. The van der Waals surface area contributed by atoms with Crippen LogP contribution in [0.1, 0.15) is 23.4 Å². The highest BCUT2D eigenvalue weighted by Crippen LogP contribution is 2.26. The van der Waals surface area contributed by atoms with E-state index in [2.05, 4.69) is 4.90 Å². The SMILES string of the molecule is CC(c1ccc(F)c(F)c1)N(C)Cc1ccc(Cl)s1. The number of nitrogens with zero attached hydrogens (tertiary/aromatic N) is 1. The molecular weight excluding hydrogens is 288 g/mol. The van der Waals surface area contributed by atoms with Gasteiger partial charge in [-0.2, -0.15) is 0 Å². The highest BCUT2D eigenvalue weighted by molar-refractivity contribution is 7.16. The zero-order valence-electron chi connectivity index (χ0n) is 10.7. The van der Waals surface area contributed by atoms with Crippen LogP contribution in [0.2, 0.25) is 4.34 Å². The van der Waals surface area contributed by atoms with E-state index in [1.165, 1.54) is 17.4 Å². The molecule has 2 aromatic rings. The van der Waals surface area contributed by atoms with Gasteiger partial charge in [-0.25, -0.2) is 8.78 Å². The molecule has 0 N–H and O–H groups in total. The van der Waals surface area contributed by atoms with Gasteiger partial charge in [-0.05, 0) is 43.8 Å². The molecule has 0 bridgehead atoms. The Morgan fingerprint density at radius 2 is 1.95 bits per heavy atom. The van der Waals surface area contributed by atoms with Crippen molar-refractivity contribution in [3.8, 4) is 0 Å². The van der Waals surface area contributed by atoms with Gasteiger partial charge in [0.05, 0.1) is 4.34 Å². The fourth-order valence-corrected chi connectivity index (χ4v) is 3.00. The van der Waals surface area contributed by atoms with Crippen molar-refractivity contribution in [3.05, 3.63) is 56.7 Å². The monoisotopic (exact) mass is 301 g/mol. The quantitative estimate of drug-likeness (QED) is 0.778. The van der Waals surface area contributed by atoms with E-state index in [1.807, 2.05) is 26.1 Å². The molecule has 1 unspecified atom stereocenters. The zero-order chi connectivity index (χ0) is 14.0. The van der Waals surface area contributed by atoms with Crippen LogP contribution < -0.4 is 0 Å². The minimum atomic E-state index is -0.816. The maximum atomic E-state index is 13.2. The Kier molecular flexibility index (Phi) is 4.55. The van der Waals surface area contributed by atoms with Gasteiger partial charge in [-0.3, -0.25) is 4.90 Å². The average molecular weight is 302 g/mol. The van der Waals surface area contributed by atoms with Crippen molar-refractivity contribution >= 4 is 22.9 Å². The van der Waals surface area contributed by atoms with Crippen LogP contribution in [0.3, 0.4) is 0 Å². The number of benzene rings is 1. The average Bonchev–Trinajstić information content (AvgIpc) is 2.77. The van der Waals surface area contributed by atoms with Crippen molar-refractivity contribution < 1.29 is 8.78 Å². The summed E-state index contributed by atoms with van der Waals surface area (Å²) >= 11 is 7.41. The molecule has 0 fully saturated rings. The summed E-state index contributed by atoms with van der Waals surface area (Å²) in [5.41, 5.74) is 0.754. The van der Waals surface area contributed by atoms with Gasteiger partial charge in [0.15, 0.2) is 11.6 Å². The minimum Gasteiger partial charge on any atom is -0.295 e. The highest BCUT2D eigenvalue weighted by Gasteiger charge is 2.14.